The first-order valence-corrected chi connectivity index (χ1v) is 8.20. The summed E-state index contributed by atoms with van der Waals surface area (Å²) >= 11 is 0. The molecule has 5 heteroatoms. The Morgan fingerprint density at radius 2 is 1.96 bits per heavy atom. The summed E-state index contributed by atoms with van der Waals surface area (Å²) in [6.45, 7) is 2.65. The molecule has 1 heterocycles. The fourth-order valence-corrected chi connectivity index (χ4v) is 2.61. The highest BCUT2D eigenvalue weighted by molar-refractivity contribution is 5.93. The fraction of sp³-hybridized carbons (Fsp3) is 0.200. The van der Waals surface area contributed by atoms with Gasteiger partial charge in [-0.2, -0.15) is 5.10 Å². The summed E-state index contributed by atoms with van der Waals surface area (Å²) in [6, 6.07) is 19.4. The Hall–Kier alpha value is -3.08. The number of amides is 1. The zero-order chi connectivity index (χ0) is 17.6. The third-order valence-electron chi connectivity index (χ3n) is 4.13. The zero-order valence-corrected chi connectivity index (χ0v) is 14.3. The predicted molar refractivity (Wildman–Crippen MR) is 97.8 cm³/mol. The lowest BCUT2D eigenvalue weighted by Crippen LogP contribution is -2.27. The van der Waals surface area contributed by atoms with Crippen LogP contribution in [-0.4, -0.2) is 29.8 Å². The van der Waals surface area contributed by atoms with Crippen molar-refractivity contribution in [3.63, 3.8) is 0 Å². The fourth-order valence-electron chi connectivity index (χ4n) is 2.61. The summed E-state index contributed by atoms with van der Waals surface area (Å²) in [6.07, 6.45) is 0. The number of nitrogens with zero attached hydrogens (tertiary/aromatic N) is 1. The molecule has 2 N–H and O–H groups in total. The molecule has 0 fully saturated rings. The monoisotopic (exact) mass is 335 g/mol. The minimum Gasteiger partial charge on any atom is -0.497 e. The van der Waals surface area contributed by atoms with Crippen LogP contribution in [0.25, 0.3) is 11.3 Å². The van der Waals surface area contributed by atoms with Crippen molar-refractivity contribution in [3.05, 3.63) is 71.9 Å². The molecule has 3 aromatic rings. The van der Waals surface area contributed by atoms with E-state index in [1.165, 1.54) is 5.56 Å². The molecule has 0 saturated heterocycles. The highest BCUT2D eigenvalue weighted by atomic mass is 16.5. The van der Waals surface area contributed by atoms with Crippen molar-refractivity contribution < 1.29 is 9.53 Å². The SMILES string of the molecule is COc1cccc(-c2cc(C(=O)NC[C@H](C)c3ccccc3)[nH]n2)c1. The molecule has 0 aliphatic carbocycles. The Bertz CT molecular complexity index is 843. The molecule has 1 aromatic heterocycles. The van der Waals surface area contributed by atoms with Crippen molar-refractivity contribution in [1.29, 1.82) is 0 Å². The molecular formula is C20H21N3O2. The van der Waals surface area contributed by atoms with E-state index in [1.807, 2.05) is 42.5 Å². The average molecular weight is 335 g/mol. The van der Waals surface area contributed by atoms with Crippen molar-refractivity contribution in [2.75, 3.05) is 13.7 Å². The summed E-state index contributed by atoms with van der Waals surface area (Å²) < 4.78 is 5.22. The number of carbonyl (C=O) groups is 1. The number of aromatic nitrogens is 2. The van der Waals surface area contributed by atoms with Gasteiger partial charge < -0.3 is 10.1 Å². The van der Waals surface area contributed by atoms with Crippen molar-refractivity contribution in [1.82, 2.24) is 15.5 Å². The maximum absolute atomic E-state index is 12.3. The van der Waals surface area contributed by atoms with Crippen LogP contribution in [0, 0.1) is 0 Å². The molecular weight excluding hydrogens is 314 g/mol. The maximum Gasteiger partial charge on any atom is 0.269 e. The van der Waals surface area contributed by atoms with Crippen LogP contribution in [0.2, 0.25) is 0 Å². The van der Waals surface area contributed by atoms with Crippen LogP contribution in [0.5, 0.6) is 5.75 Å². The van der Waals surface area contributed by atoms with E-state index in [9.17, 15) is 4.79 Å². The molecule has 1 atom stereocenters. The molecule has 5 nitrogen and oxygen atoms in total. The Morgan fingerprint density at radius 1 is 1.16 bits per heavy atom. The van der Waals surface area contributed by atoms with Crippen LogP contribution in [0.1, 0.15) is 28.9 Å². The number of carbonyl (C=O) groups excluding carboxylic acids is 1. The highest BCUT2D eigenvalue weighted by Crippen LogP contribution is 2.22. The molecule has 2 aromatic carbocycles. The Morgan fingerprint density at radius 3 is 2.72 bits per heavy atom. The van der Waals surface area contributed by atoms with Gasteiger partial charge in [0.2, 0.25) is 0 Å². The van der Waals surface area contributed by atoms with Crippen LogP contribution in [0.4, 0.5) is 0 Å². The van der Waals surface area contributed by atoms with Crippen molar-refractivity contribution in [2.24, 2.45) is 0 Å². The van der Waals surface area contributed by atoms with Gasteiger partial charge in [-0.1, -0.05) is 49.4 Å². The van der Waals surface area contributed by atoms with Crippen molar-refractivity contribution >= 4 is 5.91 Å². The van der Waals surface area contributed by atoms with E-state index < -0.39 is 0 Å². The average Bonchev–Trinajstić information content (AvgIpc) is 3.17. The normalized spacial score (nSPS) is 11.8. The first-order valence-electron chi connectivity index (χ1n) is 8.20. The smallest absolute Gasteiger partial charge is 0.269 e. The second-order valence-electron chi connectivity index (χ2n) is 5.92. The number of hydrogen-bond acceptors (Lipinski definition) is 3. The third kappa shape index (κ3) is 4.07. The van der Waals surface area contributed by atoms with Gasteiger partial charge in [-0.3, -0.25) is 9.89 Å². The summed E-state index contributed by atoms with van der Waals surface area (Å²) in [5.74, 6) is 0.832. The lowest BCUT2D eigenvalue weighted by atomic mass is 10.0. The van der Waals surface area contributed by atoms with Gasteiger partial charge in [0.05, 0.1) is 12.8 Å². The van der Waals surface area contributed by atoms with Gasteiger partial charge in [0.25, 0.3) is 5.91 Å². The molecule has 1 amide bonds. The molecule has 0 unspecified atom stereocenters. The maximum atomic E-state index is 12.3. The van der Waals surface area contributed by atoms with Gasteiger partial charge in [0.1, 0.15) is 11.4 Å². The third-order valence-corrected chi connectivity index (χ3v) is 4.13. The van der Waals surface area contributed by atoms with E-state index >= 15 is 0 Å². The molecule has 0 spiro atoms. The van der Waals surface area contributed by atoms with E-state index in [0.29, 0.717) is 17.9 Å². The van der Waals surface area contributed by atoms with Crippen LogP contribution in [-0.2, 0) is 0 Å². The van der Waals surface area contributed by atoms with E-state index in [1.54, 1.807) is 13.2 Å². The second-order valence-corrected chi connectivity index (χ2v) is 5.92. The minimum atomic E-state index is -0.163. The van der Waals surface area contributed by atoms with Gasteiger partial charge in [0, 0.05) is 12.1 Å². The van der Waals surface area contributed by atoms with Gasteiger partial charge in [-0.25, -0.2) is 0 Å². The highest BCUT2D eigenvalue weighted by Gasteiger charge is 2.13. The largest absolute Gasteiger partial charge is 0.497 e. The molecule has 128 valence electrons. The van der Waals surface area contributed by atoms with Crippen LogP contribution < -0.4 is 10.1 Å². The summed E-state index contributed by atoms with van der Waals surface area (Å²) in [4.78, 5) is 12.3. The van der Waals surface area contributed by atoms with E-state index in [0.717, 1.165) is 11.3 Å². The number of methoxy groups -OCH3 is 1. The Labute approximate surface area is 147 Å². The van der Waals surface area contributed by atoms with Gasteiger partial charge in [-0.15, -0.1) is 0 Å². The molecule has 3 rings (SSSR count). The Balaban J connectivity index is 1.64. The van der Waals surface area contributed by atoms with Gasteiger partial charge >= 0.3 is 0 Å². The van der Waals surface area contributed by atoms with Crippen LogP contribution in [0.3, 0.4) is 0 Å². The summed E-state index contributed by atoms with van der Waals surface area (Å²) in [7, 11) is 1.62. The topological polar surface area (TPSA) is 67.0 Å². The number of aromatic amines is 1. The van der Waals surface area contributed by atoms with Crippen molar-refractivity contribution in [2.45, 2.75) is 12.8 Å². The van der Waals surface area contributed by atoms with Crippen LogP contribution in [0.15, 0.2) is 60.7 Å². The van der Waals surface area contributed by atoms with E-state index in [2.05, 4.69) is 34.6 Å². The number of hydrogen-bond donors (Lipinski definition) is 2. The molecule has 0 aliphatic heterocycles. The number of nitrogens with one attached hydrogen (secondary N) is 2. The quantitative estimate of drug-likeness (QED) is 0.723. The molecule has 0 radical (unpaired) electrons. The molecule has 25 heavy (non-hydrogen) atoms. The first kappa shape index (κ1) is 16.8. The second kappa shape index (κ2) is 7.66. The van der Waals surface area contributed by atoms with E-state index in [-0.39, 0.29) is 11.8 Å². The number of benzene rings is 2. The predicted octanol–water partition coefficient (Wildman–Crippen LogP) is 3.62. The standard InChI is InChI=1S/C20H21N3O2/c1-14(15-7-4-3-5-8-15)13-21-20(24)19-12-18(22-23-19)16-9-6-10-17(11-16)25-2/h3-12,14H,13H2,1-2H3,(H,21,24)(H,22,23)/t14-/m0/s1. The number of rotatable bonds is 6. The van der Waals surface area contributed by atoms with Crippen LogP contribution >= 0.6 is 0 Å². The van der Waals surface area contributed by atoms with E-state index in [4.69, 9.17) is 4.74 Å². The minimum absolute atomic E-state index is 0.163. The first-order chi connectivity index (χ1) is 12.2. The van der Waals surface area contributed by atoms with Gasteiger partial charge in [-0.05, 0) is 29.7 Å². The van der Waals surface area contributed by atoms with Crippen molar-refractivity contribution in [3.8, 4) is 17.0 Å². The molecule has 0 aliphatic rings. The Kier molecular flexibility index (Phi) is 5.14. The lowest BCUT2D eigenvalue weighted by molar-refractivity contribution is 0.0946. The molecule has 0 saturated carbocycles. The summed E-state index contributed by atoms with van der Waals surface area (Å²) in [5.41, 5.74) is 3.25. The number of H-pyrrole nitrogens is 1. The van der Waals surface area contributed by atoms with Gasteiger partial charge in [0.15, 0.2) is 0 Å². The zero-order valence-electron chi connectivity index (χ0n) is 14.3. The lowest BCUT2D eigenvalue weighted by Gasteiger charge is -2.12. The molecule has 0 bridgehead atoms. The summed E-state index contributed by atoms with van der Waals surface area (Å²) in [5, 5.41) is 9.98. The number of ether oxygens (including phenoxy) is 1.